The molecule has 5 heteroatoms. The van der Waals surface area contributed by atoms with E-state index in [4.69, 9.17) is 4.74 Å². The number of aromatic nitrogens is 1. The summed E-state index contributed by atoms with van der Waals surface area (Å²) in [6.45, 7) is 2.09. The van der Waals surface area contributed by atoms with Crippen molar-refractivity contribution in [3.63, 3.8) is 0 Å². The Bertz CT molecular complexity index is 888. The number of rotatable bonds is 3. The number of H-pyrrole nitrogens is 1. The van der Waals surface area contributed by atoms with Crippen molar-refractivity contribution in [1.82, 2.24) is 4.98 Å². The molecular weight excluding hydrogens is 346 g/mol. The normalized spacial score (nSPS) is 10.8. The van der Waals surface area contributed by atoms with Gasteiger partial charge < -0.3 is 14.8 Å². The lowest BCUT2D eigenvalue weighted by Gasteiger charge is -2.11. The van der Waals surface area contributed by atoms with Gasteiger partial charge in [0, 0.05) is 9.86 Å². The van der Waals surface area contributed by atoms with Crippen LogP contribution >= 0.6 is 15.9 Å². The smallest absolute Gasteiger partial charge is 0.294 e. The number of halogens is 1. The van der Waals surface area contributed by atoms with Crippen LogP contribution in [0.3, 0.4) is 0 Å². The number of hydrogen-bond donors (Lipinski definition) is 2. The second-order valence-corrected chi connectivity index (χ2v) is 5.97. The first-order valence-corrected chi connectivity index (χ1v) is 7.57. The summed E-state index contributed by atoms with van der Waals surface area (Å²) in [5.74, 6) is -0.201. The Morgan fingerprint density at radius 1 is 1.23 bits per heavy atom. The quantitative estimate of drug-likeness (QED) is 0.745. The van der Waals surface area contributed by atoms with Gasteiger partial charge in [-0.25, -0.2) is 0 Å². The highest BCUT2D eigenvalue weighted by Crippen LogP contribution is 2.33. The van der Waals surface area contributed by atoms with Crippen LogP contribution in [0.15, 0.2) is 51.7 Å². The van der Waals surface area contributed by atoms with Crippen LogP contribution in [0.25, 0.3) is 10.9 Å². The average molecular weight is 360 g/mol. The van der Waals surface area contributed by atoms with Gasteiger partial charge in [-0.1, -0.05) is 46.3 Å². The first kappa shape index (κ1) is 14.7. The summed E-state index contributed by atoms with van der Waals surface area (Å²) < 4.78 is 6.36. The molecule has 0 spiro atoms. The van der Waals surface area contributed by atoms with E-state index in [2.05, 4.69) is 20.9 Å². The lowest BCUT2D eigenvalue weighted by atomic mass is 10.1. The summed E-state index contributed by atoms with van der Waals surface area (Å²) in [5.41, 5.74) is 1.96. The summed E-state index contributed by atoms with van der Waals surface area (Å²) in [7, 11) is 0. The van der Waals surface area contributed by atoms with E-state index in [1.54, 1.807) is 6.07 Å². The number of ether oxygens (including phenoxy) is 1. The molecule has 2 N–H and O–H groups in total. The van der Waals surface area contributed by atoms with Gasteiger partial charge in [-0.2, -0.15) is 0 Å². The maximum absolute atomic E-state index is 12.2. The lowest BCUT2D eigenvalue weighted by Crippen LogP contribution is -2.12. The zero-order valence-electron chi connectivity index (χ0n) is 11.9. The third kappa shape index (κ3) is 2.72. The molecule has 0 saturated heterocycles. The number of benzene rings is 2. The molecule has 112 valence electrons. The maximum atomic E-state index is 12.2. The van der Waals surface area contributed by atoms with Crippen molar-refractivity contribution >= 4 is 26.8 Å². The molecule has 0 fully saturated rings. The van der Waals surface area contributed by atoms with Crippen LogP contribution in [0.1, 0.15) is 11.1 Å². The molecular formula is C17H14BrNO3. The topological polar surface area (TPSA) is 62.3 Å². The van der Waals surface area contributed by atoms with Gasteiger partial charge in [-0.05, 0) is 30.2 Å². The highest BCUT2D eigenvalue weighted by molar-refractivity contribution is 9.10. The average Bonchev–Trinajstić information content (AvgIpc) is 2.49. The first-order valence-electron chi connectivity index (χ1n) is 6.78. The van der Waals surface area contributed by atoms with E-state index >= 15 is 0 Å². The number of nitrogens with one attached hydrogen (secondary N) is 1. The Kier molecular flexibility index (Phi) is 3.90. The predicted octanol–water partition coefficient (Wildman–Crippen LogP) is 3.88. The molecule has 1 aromatic heterocycles. The number of fused-ring (bicyclic) bond motifs is 1. The lowest BCUT2D eigenvalue weighted by molar-refractivity contribution is 0.286. The molecule has 0 aliphatic heterocycles. The monoisotopic (exact) mass is 359 g/mol. The van der Waals surface area contributed by atoms with E-state index < -0.39 is 5.56 Å². The molecule has 0 bridgehead atoms. The summed E-state index contributed by atoms with van der Waals surface area (Å²) in [4.78, 5) is 14.9. The minimum atomic E-state index is -0.439. The van der Waals surface area contributed by atoms with Crippen LogP contribution in [0, 0.1) is 6.92 Å². The fourth-order valence-corrected chi connectivity index (χ4v) is 2.93. The SMILES string of the molecule is Cc1cc(Br)cc2c(O)c(OCc3ccccc3)c(=O)[nH]c12. The zero-order valence-corrected chi connectivity index (χ0v) is 13.5. The second-order valence-electron chi connectivity index (χ2n) is 5.05. The molecule has 3 aromatic rings. The van der Waals surface area contributed by atoms with Crippen molar-refractivity contribution in [3.8, 4) is 11.5 Å². The molecule has 22 heavy (non-hydrogen) atoms. The van der Waals surface area contributed by atoms with Gasteiger partial charge >= 0.3 is 0 Å². The molecule has 0 atom stereocenters. The van der Waals surface area contributed by atoms with Gasteiger partial charge in [0.2, 0.25) is 5.75 Å². The van der Waals surface area contributed by atoms with Crippen LogP contribution in [-0.2, 0) is 6.61 Å². The van der Waals surface area contributed by atoms with E-state index in [0.717, 1.165) is 15.6 Å². The van der Waals surface area contributed by atoms with Gasteiger partial charge in [-0.3, -0.25) is 4.79 Å². The van der Waals surface area contributed by atoms with E-state index in [1.807, 2.05) is 43.3 Å². The van der Waals surface area contributed by atoms with Gasteiger partial charge in [0.05, 0.1) is 5.52 Å². The molecule has 1 heterocycles. The van der Waals surface area contributed by atoms with Crippen molar-refractivity contribution in [2.24, 2.45) is 0 Å². The van der Waals surface area contributed by atoms with Crippen molar-refractivity contribution in [1.29, 1.82) is 0 Å². The molecule has 0 radical (unpaired) electrons. The fraction of sp³-hybridized carbons (Fsp3) is 0.118. The largest absolute Gasteiger partial charge is 0.504 e. The Morgan fingerprint density at radius 2 is 1.95 bits per heavy atom. The minimum absolute atomic E-state index is 0.0612. The van der Waals surface area contributed by atoms with Gasteiger partial charge in [-0.15, -0.1) is 0 Å². The Hall–Kier alpha value is -2.27. The predicted molar refractivity (Wildman–Crippen MR) is 89.4 cm³/mol. The summed E-state index contributed by atoms with van der Waals surface area (Å²) >= 11 is 3.39. The van der Waals surface area contributed by atoms with Gasteiger partial charge in [0.1, 0.15) is 6.61 Å². The highest BCUT2D eigenvalue weighted by Gasteiger charge is 2.15. The molecule has 3 rings (SSSR count). The van der Waals surface area contributed by atoms with Gasteiger partial charge in [0.25, 0.3) is 5.56 Å². The molecule has 0 amide bonds. The fourth-order valence-electron chi connectivity index (χ4n) is 2.36. The summed E-state index contributed by atoms with van der Waals surface area (Å²) in [5, 5.41) is 10.9. The minimum Gasteiger partial charge on any atom is -0.504 e. The molecule has 0 unspecified atom stereocenters. The second kappa shape index (κ2) is 5.85. The molecule has 2 aromatic carbocycles. The van der Waals surface area contributed by atoms with Crippen LogP contribution in [-0.4, -0.2) is 10.1 Å². The zero-order chi connectivity index (χ0) is 15.7. The highest BCUT2D eigenvalue weighted by atomic mass is 79.9. The van der Waals surface area contributed by atoms with Gasteiger partial charge in [0.15, 0.2) is 5.75 Å². The third-order valence-corrected chi connectivity index (χ3v) is 3.90. The van der Waals surface area contributed by atoms with Crippen molar-refractivity contribution < 1.29 is 9.84 Å². The van der Waals surface area contributed by atoms with E-state index in [1.165, 1.54) is 0 Å². The number of aromatic hydroxyl groups is 1. The first-order chi connectivity index (χ1) is 10.6. The van der Waals surface area contributed by atoms with Crippen LogP contribution < -0.4 is 10.3 Å². The number of hydrogen-bond acceptors (Lipinski definition) is 3. The molecule has 0 aliphatic rings. The van der Waals surface area contributed by atoms with E-state index in [9.17, 15) is 9.90 Å². The van der Waals surface area contributed by atoms with Crippen LogP contribution in [0.4, 0.5) is 0 Å². The Morgan fingerprint density at radius 3 is 2.68 bits per heavy atom. The van der Waals surface area contributed by atoms with Crippen molar-refractivity contribution in [2.45, 2.75) is 13.5 Å². The molecule has 4 nitrogen and oxygen atoms in total. The molecule has 0 aliphatic carbocycles. The van der Waals surface area contributed by atoms with Crippen molar-refractivity contribution in [2.75, 3.05) is 0 Å². The van der Waals surface area contributed by atoms with Crippen LogP contribution in [0.2, 0.25) is 0 Å². The standard InChI is InChI=1S/C17H14BrNO3/c1-10-7-12(18)8-13-14(10)19-17(21)16(15(13)20)22-9-11-5-3-2-4-6-11/h2-8H,9H2,1H3,(H2,19,20,21). The Labute approximate surface area is 135 Å². The number of aromatic amines is 1. The Balaban J connectivity index is 2.05. The number of aryl methyl sites for hydroxylation is 1. The summed E-state index contributed by atoms with van der Waals surface area (Å²) in [6, 6.07) is 13.1. The van der Waals surface area contributed by atoms with E-state index in [-0.39, 0.29) is 18.1 Å². The third-order valence-electron chi connectivity index (χ3n) is 3.44. The van der Waals surface area contributed by atoms with Crippen molar-refractivity contribution in [3.05, 3.63) is 68.4 Å². The number of pyridine rings is 1. The summed E-state index contributed by atoms with van der Waals surface area (Å²) in [6.07, 6.45) is 0. The molecule has 0 saturated carbocycles. The van der Waals surface area contributed by atoms with Crippen LogP contribution in [0.5, 0.6) is 11.5 Å². The maximum Gasteiger partial charge on any atom is 0.294 e. The van der Waals surface area contributed by atoms with E-state index in [0.29, 0.717) is 10.9 Å².